The van der Waals surface area contributed by atoms with Gasteiger partial charge in [-0.25, -0.2) is 0 Å². The third-order valence-corrected chi connectivity index (χ3v) is 3.63. The number of hydrogen-bond donors (Lipinski definition) is 1. The first-order valence-electron chi connectivity index (χ1n) is 7.81. The van der Waals surface area contributed by atoms with Gasteiger partial charge < -0.3 is 19.7 Å². The fourth-order valence-electron chi connectivity index (χ4n) is 2.30. The van der Waals surface area contributed by atoms with Crippen molar-refractivity contribution in [3.63, 3.8) is 0 Å². The van der Waals surface area contributed by atoms with Crippen LogP contribution in [-0.2, 0) is 19.1 Å². The number of nitrogens with one attached hydrogen (secondary N) is 1. The fourth-order valence-corrected chi connectivity index (χ4v) is 2.30. The monoisotopic (exact) mass is 300 g/mol. The van der Waals surface area contributed by atoms with E-state index in [9.17, 15) is 9.59 Å². The predicted octanol–water partition coefficient (Wildman–Crippen LogP) is 0.947. The summed E-state index contributed by atoms with van der Waals surface area (Å²) in [5, 5.41) is 3.05. The summed E-state index contributed by atoms with van der Waals surface area (Å²) in [4.78, 5) is 25.4. The van der Waals surface area contributed by atoms with E-state index in [-0.39, 0.29) is 24.5 Å². The van der Waals surface area contributed by atoms with E-state index in [0.29, 0.717) is 32.7 Å². The van der Waals surface area contributed by atoms with Crippen LogP contribution in [0.15, 0.2) is 0 Å². The molecule has 0 aromatic heterocycles. The summed E-state index contributed by atoms with van der Waals surface area (Å²) >= 11 is 0. The molecule has 1 N–H and O–H groups in total. The van der Waals surface area contributed by atoms with Crippen LogP contribution in [0.5, 0.6) is 0 Å². The lowest BCUT2D eigenvalue weighted by atomic mass is 10.0. The minimum absolute atomic E-state index is 0.0156. The van der Waals surface area contributed by atoms with Gasteiger partial charge in [0.25, 0.3) is 0 Å². The van der Waals surface area contributed by atoms with E-state index < -0.39 is 0 Å². The molecule has 0 aromatic carbocycles. The van der Waals surface area contributed by atoms with Crippen molar-refractivity contribution in [3.05, 3.63) is 0 Å². The highest BCUT2D eigenvalue weighted by Crippen LogP contribution is 2.11. The zero-order valence-corrected chi connectivity index (χ0v) is 13.2. The van der Waals surface area contributed by atoms with Crippen LogP contribution in [-0.4, -0.2) is 62.8 Å². The molecule has 0 aliphatic carbocycles. The molecule has 1 saturated heterocycles. The summed E-state index contributed by atoms with van der Waals surface area (Å²) in [7, 11) is 1.60. The van der Waals surface area contributed by atoms with Crippen LogP contribution in [0.1, 0.15) is 39.0 Å². The summed E-state index contributed by atoms with van der Waals surface area (Å²) in [6.07, 6.45) is 4.21. The van der Waals surface area contributed by atoms with Gasteiger partial charge in [-0.05, 0) is 19.3 Å². The van der Waals surface area contributed by atoms with Crippen LogP contribution in [0.2, 0.25) is 0 Å². The van der Waals surface area contributed by atoms with Crippen LogP contribution >= 0.6 is 0 Å². The van der Waals surface area contributed by atoms with Gasteiger partial charge in [-0.3, -0.25) is 9.59 Å². The minimum Gasteiger partial charge on any atom is -0.382 e. The van der Waals surface area contributed by atoms with Gasteiger partial charge in [-0.15, -0.1) is 0 Å². The molecule has 1 heterocycles. The highest BCUT2D eigenvalue weighted by Gasteiger charge is 2.23. The smallest absolute Gasteiger partial charge is 0.248 e. The number of rotatable bonds is 9. The van der Waals surface area contributed by atoms with Crippen LogP contribution in [0, 0.1) is 0 Å². The van der Waals surface area contributed by atoms with Crippen molar-refractivity contribution in [1.82, 2.24) is 10.2 Å². The zero-order valence-electron chi connectivity index (χ0n) is 13.2. The Kier molecular flexibility index (Phi) is 9.01. The molecule has 0 spiro atoms. The van der Waals surface area contributed by atoms with Gasteiger partial charge >= 0.3 is 0 Å². The highest BCUT2D eigenvalue weighted by molar-refractivity contribution is 5.78. The van der Waals surface area contributed by atoms with E-state index in [1.807, 2.05) is 4.90 Å². The molecule has 0 aromatic rings. The number of likely N-dealkylation sites (tertiary alicyclic amines) is 1. The first-order chi connectivity index (χ1) is 10.2. The van der Waals surface area contributed by atoms with Gasteiger partial charge in [-0.2, -0.15) is 0 Å². The van der Waals surface area contributed by atoms with Crippen molar-refractivity contribution < 1.29 is 19.1 Å². The molecule has 0 radical (unpaired) electrons. The van der Waals surface area contributed by atoms with Crippen LogP contribution < -0.4 is 5.32 Å². The largest absolute Gasteiger partial charge is 0.382 e. The molecule has 0 bridgehead atoms. The van der Waals surface area contributed by atoms with Gasteiger partial charge in [0.15, 0.2) is 0 Å². The molecule has 2 amide bonds. The number of carbonyl (C=O) groups excluding carboxylic acids is 2. The number of piperidine rings is 1. The van der Waals surface area contributed by atoms with E-state index in [0.717, 1.165) is 25.7 Å². The third kappa shape index (κ3) is 7.43. The Morgan fingerprint density at radius 2 is 1.95 bits per heavy atom. The number of unbranched alkanes of at least 4 members (excludes halogenated alkanes) is 1. The fraction of sp³-hybridized carbons (Fsp3) is 0.867. The molecule has 1 fully saturated rings. The molecule has 6 nitrogen and oxygen atoms in total. The van der Waals surface area contributed by atoms with Crippen LogP contribution in [0.25, 0.3) is 0 Å². The molecule has 1 aliphatic rings. The normalized spacial score (nSPS) is 16.0. The lowest BCUT2D eigenvalue weighted by Crippen LogP contribution is -2.47. The Balaban J connectivity index is 2.16. The first kappa shape index (κ1) is 17.9. The number of methoxy groups -OCH3 is 1. The molecular formula is C15H28N2O4. The van der Waals surface area contributed by atoms with Crippen molar-refractivity contribution in [2.45, 2.75) is 45.1 Å². The maximum atomic E-state index is 11.9. The Hall–Kier alpha value is -1.14. The van der Waals surface area contributed by atoms with Crippen molar-refractivity contribution in [1.29, 1.82) is 0 Å². The number of carbonyl (C=O) groups is 2. The number of ether oxygens (including phenoxy) is 2. The van der Waals surface area contributed by atoms with Gasteiger partial charge in [0.2, 0.25) is 11.8 Å². The number of hydrogen-bond acceptors (Lipinski definition) is 4. The second-order valence-electron chi connectivity index (χ2n) is 5.37. The van der Waals surface area contributed by atoms with Crippen molar-refractivity contribution in [2.75, 3.05) is 40.0 Å². The molecule has 1 aliphatic heterocycles. The molecule has 122 valence electrons. The Morgan fingerprint density at radius 3 is 2.57 bits per heavy atom. The van der Waals surface area contributed by atoms with Crippen molar-refractivity contribution in [2.24, 2.45) is 0 Å². The summed E-state index contributed by atoms with van der Waals surface area (Å²) in [6, 6.07) is 0.202. The average Bonchev–Trinajstić information content (AvgIpc) is 2.50. The highest BCUT2D eigenvalue weighted by atomic mass is 16.5. The standard InChI is InChI=1S/C15H28N2O4/c1-3-4-5-14(18)16-13-6-8-17(9-7-13)15(19)12-21-11-10-20-2/h13H,3-12H2,1-2H3,(H,16,18). The topological polar surface area (TPSA) is 67.9 Å². The zero-order chi connectivity index (χ0) is 15.5. The van der Waals surface area contributed by atoms with E-state index in [1.165, 1.54) is 0 Å². The molecule has 1 rings (SSSR count). The number of nitrogens with zero attached hydrogens (tertiary/aromatic N) is 1. The van der Waals surface area contributed by atoms with Crippen LogP contribution in [0.4, 0.5) is 0 Å². The van der Waals surface area contributed by atoms with E-state index in [2.05, 4.69) is 12.2 Å². The van der Waals surface area contributed by atoms with Crippen molar-refractivity contribution >= 4 is 11.8 Å². The number of amides is 2. The Labute approximate surface area is 127 Å². The lowest BCUT2D eigenvalue weighted by molar-refractivity contribution is -0.137. The molecule has 0 atom stereocenters. The average molecular weight is 300 g/mol. The second kappa shape index (κ2) is 10.6. The maximum Gasteiger partial charge on any atom is 0.248 e. The summed E-state index contributed by atoms with van der Waals surface area (Å²) in [5.41, 5.74) is 0. The van der Waals surface area contributed by atoms with E-state index in [1.54, 1.807) is 7.11 Å². The molecule has 0 saturated carbocycles. The van der Waals surface area contributed by atoms with E-state index >= 15 is 0 Å². The summed E-state index contributed by atoms with van der Waals surface area (Å²) in [6.45, 7) is 4.49. The van der Waals surface area contributed by atoms with E-state index in [4.69, 9.17) is 9.47 Å². The van der Waals surface area contributed by atoms with Crippen molar-refractivity contribution in [3.8, 4) is 0 Å². The maximum absolute atomic E-state index is 11.9. The first-order valence-corrected chi connectivity index (χ1v) is 7.81. The Bertz CT molecular complexity index is 315. The van der Waals surface area contributed by atoms with Crippen LogP contribution in [0.3, 0.4) is 0 Å². The van der Waals surface area contributed by atoms with Gasteiger partial charge in [0.05, 0.1) is 13.2 Å². The third-order valence-electron chi connectivity index (χ3n) is 3.63. The summed E-state index contributed by atoms with van der Waals surface area (Å²) < 4.78 is 10.1. The quantitative estimate of drug-likeness (QED) is 0.644. The Morgan fingerprint density at radius 1 is 1.24 bits per heavy atom. The molecule has 0 unspecified atom stereocenters. The molecule has 6 heteroatoms. The minimum atomic E-state index is 0.0156. The van der Waals surface area contributed by atoms with Gasteiger partial charge in [-0.1, -0.05) is 13.3 Å². The molecular weight excluding hydrogens is 272 g/mol. The lowest BCUT2D eigenvalue weighted by Gasteiger charge is -2.32. The second-order valence-corrected chi connectivity index (χ2v) is 5.37. The predicted molar refractivity (Wildman–Crippen MR) is 80.0 cm³/mol. The molecule has 21 heavy (non-hydrogen) atoms. The summed E-state index contributed by atoms with van der Waals surface area (Å²) in [5.74, 6) is 0.145. The SMILES string of the molecule is CCCCC(=O)NC1CCN(C(=O)COCCOC)CC1. The van der Waals surface area contributed by atoms with Gasteiger partial charge in [0.1, 0.15) is 6.61 Å². The van der Waals surface area contributed by atoms with Gasteiger partial charge in [0, 0.05) is 32.7 Å².